The Hall–Kier alpha value is -1.34. The Morgan fingerprint density at radius 1 is 0.597 bits per heavy atom. The summed E-state index contributed by atoms with van der Waals surface area (Å²) in [5.41, 5.74) is 27.0. The molecule has 49 heteroatoms. The number of carboxylic acids is 1. The molecule has 0 spiro atoms. The number of thiol groups is 1. The summed E-state index contributed by atoms with van der Waals surface area (Å²) in [7, 11) is 16.2. The van der Waals surface area contributed by atoms with Gasteiger partial charge in [0, 0.05) is 53.8 Å². The summed E-state index contributed by atoms with van der Waals surface area (Å²) in [5, 5.41) is 29.6. The fraction of sp³-hybridized carbons (Fsp3) is 0.244. The number of thioether (sulfide) groups is 1. The molecule has 7 aromatic heterocycles. The predicted molar refractivity (Wildman–Crippen MR) is 576 cm³/mol. The molecule has 1 aliphatic rings. The van der Waals surface area contributed by atoms with Crippen molar-refractivity contribution >= 4 is 357 Å². The number of aryl methyl sites for hydroxylation is 14. The number of carbonyl (C=O) groups excluding carboxylic acids is 8. The molecule has 26 nitrogen and oxygen atoms in total. The number of rotatable bonds is 12. The van der Waals surface area contributed by atoms with Crippen molar-refractivity contribution in [1.29, 1.82) is 0 Å². The molecule has 0 unspecified atom stereocenters. The first-order valence-electron chi connectivity index (χ1n) is 38.8. The number of Topliss-reactive ketones (excluding diaryl/α,β-unsaturated/α-hetero) is 1. The molecule has 0 aliphatic carbocycles. The Balaban J connectivity index is -0.000000741. The van der Waals surface area contributed by atoms with Gasteiger partial charge in [-0.3, -0.25) is 43.1 Å². The molecule has 1 amide bonds. The fourth-order valence-corrected chi connectivity index (χ4v) is 20.1. The van der Waals surface area contributed by atoms with Crippen molar-refractivity contribution in [3.63, 3.8) is 0 Å². The second-order valence-corrected chi connectivity index (χ2v) is 53.0. The fourth-order valence-electron chi connectivity index (χ4n) is 13.3. The van der Waals surface area contributed by atoms with Gasteiger partial charge in [-0.2, -0.15) is 21.9 Å². The number of hydrogen-bond acceptors (Lipinski definition) is 29. The van der Waals surface area contributed by atoms with E-state index in [1.807, 2.05) is 134 Å². The summed E-state index contributed by atoms with van der Waals surface area (Å²) in [4.78, 5) is 119. The van der Waals surface area contributed by atoms with Gasteiger partial charge in [0.15, 0.2) is 29.8 Å². The predicted octanol–water partition coefficient (Wildman–Crippen LogP) is 11.2. The number of aromatic amines is 1. The number of carbonyl (C=O) groups is 9. The van der Waals surface area contributed by atoms with Crippen molar-refractivity contribution in [3.05, 3.63) is 268 Å². The maximum atomic E-state index is 12.4. The first-order valence-corrected chi connectivity index (χ1v) is 54.2. The Bertz CT molecular complexity index is 6520. The summed E-state index contributed by atoms with van der Waals surface area (Å²) in [6.45, 7) is 30.2. The van der Waals surface area contributed by atoms with Gasteiger partial charge in [0.25, 0.3) is 17.5 Å². The standard InChI is InChI=1S/C17H17N3O3.C11H11NO2S.C10H10BrNS.C10H10N2OS.C10H9NO2S.C10H11NOS.C10H8O2S.C8H10S.C2Cl2O2.CBr4.CH2O3.2Al.3ClH.3K.Li.H2O.5H/c1-2-23-16(21)10-15(12-6-4-3-5-7-12)20-14-8-9-18-11-13(14)19-17(20)22;1-6-4-7(2)9-8(5-6)15-12-10(9)11(13)14-3;1-6-3-7(2)10-8(5-11)12-13-9(10)4-6;1-5-3-6(2)8-7(4-5)14-12-9(8)10(11)13;1-5-3-6(2)8-7(4-5)14-11-9(8)10(12)13;1-6-3-7(2)10-8(5-12)11-13-9(10)4-6;1-5-3-6(2)8-7(4-5)13-10(12)9(8)11;1-6-3-7(2)5-8(9)4-6;3-1(5)2(4)6;2-1(3,4)5;2-1-4-3;;;;;;;;;;;;;;;/h3-9,11,15H,2,10H2,1H3,(H,19,22);4-5H,1-3H3;3-4H,5H2,1-2H3;3-4H,1-2H3,(H2,11,13);3-4H,1-2H3,(H,12,13);3-4,12H,5H2,1-2H3;3-4H,1-2H3;3-5,9H,1-2H3;;;1,3H;;;3*1H;;;;;1H2;;;;;/q;;;;;;;;;;;;+3;;;;4*+1;;;;;2*-1/p-5/t15-;;;;;;;;;;;;;;;;;;;;;;;;;/m1........................./s1. The number of imidazole rings is 1. The monoisotopic (exact) mass is 2540 g/mol. The number of halogens is 10. The molecule has 16 rings (SSSR count). The van der Waals surface area contributed by atoms with Crippen LogP contribution in [-0.2, 0) is 50.3 Å². The van der Waals surface area contributed by atoms with E-state index < -0.39 is 39.8 Å². The van der Waals surface area contributed by atoms with Crippen LogP contribution in [0.3, 0.4) is 0 Å². The third-order valence-electron chi connectivity index (χ3n) is 17.9. The quantitative estimate of drug-likeness (QED) is 0.00873. The van der Waals surface area contributed by atoms with Crippen LogP contribution >= 0.6 is 215 Å². The van der Waals surface area contributed by atoms with Gasteiger partial charge in [-0.1, -0.05) is 88.7 Å². The molecule has 0 fully saturated rings. The van der Waals surface area contributed by atoms with Gasteiger partial charge in [0.1, 0.15) is 5.69 Å². The molecule has 139 heavy (non-hydrogen) atoms. The van der Waals surface area contributed by atoms with Crippen LogP contribution in [-0.4, -0.2) is 147 Å². The Kier molecular flexibility index (Phi) is 70.3. The maximum Gasteiger partial charge on any atom is 1.00 e. The number of aliphatic hydroxyl groups is 1. The summed E-state index contributed by atoms with van der Waals surface area (Å²) >= 11 is 35.4. The number of nitrogens with one attached hydrogen (secondary N) is 1. The number of alkyl halides is 5. The number of ketones is 1. The molecule has 0 bridgehead atoms. The van der Waals surface area contributed by atoms with Crippen LogP contribution in [0.25, 0.3) is 61.5 Å². The largest absolute Gasteiger partial charge is 1.00 e. The summed E-state index contributed by atoms with van der Waals surface area (Å²) in [6, 6.07) is 41.6. The van der Waals surface area contributed by atoms with E-state index >= 15 is 0 Å². The number of primary amides is 1. The zero-order chi connectivity index (χ0) is 99.7. The molecular weight excluding hydrogens is 2460 g/mol. The number of ether oxygens (including phenoxy) is 2. The van der Waals surface area contributed by atoms with E-state index in [0.29, 0.717) is 34.6 Å². The molecule has 15 aromatic rings. The maximum absolute atomic E-state index is 12.4. The zero-order valence-electron chi connectivity index (χ0n) is 80.3. The smallest absolute Gasteiger partial charge is 1.00 e. The molecule has 6 N–H and O–H groups in total. The average molecular weight is 2550 g/mol. The van der Waals surface area contributed by atoms with Crippen LogP contribution in [0.15, 0.2) is 154 Å². The minimum absolute atomic E-state index is 0. The van der Waals surface area contributed by atoms with Crippen molar-refractivity contribution in [1.82, 2.24) is 36.4 Å². The second kappa shape index (κ2) is 69.9. The van der Waals surface area contributed by atoms with E-state index in [9.17, 15) is 43.2 Å². The van der Waals surface area contributed by atoms with E-state index in [0.717, 1.165) is 113 Å². The van der Waals surface area contributed by atoms with Crippen molar-refractivity contribution in [3.8, 4) is 0 Å². The van der Waals surface area contributed by atoms with E-state index in [1.165, 1.54) is 113 Å². The van der Waals surface area contributed by atoms with Crippen LogP contribution in [0, 0.1) is 96.9 Å². The number of aromatic nitrogens is 8. The van der Waals surface area contributed by atoms with Crippen molar-refractivity contribution in [2.75, 3.05) is 13.7 Å². The van der Waals surface area contributed by atoms with Gasteiger partial charge in [-0.25, -0.2) is 44.5 Å². The average Bonchev–Trinajstić information content (AvgIpc) is 1.64. The van der Waals surface area contributed by atoms with Crippen LogP contribution in [0.2, 0.25) is 0 Å². The van der Waals surface area contributed by atoms with E-state index in [-0.39, 0.29) is 253 Å². The molecule has 0 radical (unpaired) electrons. The number of H-pyrrole nitrogens is 1. The Labute approximate surface area is 1060 Å². The van der Waals surface area contributed by atoms with Gasteiger partial charge in [-0.05, 0) is 398 Å². The minimum Gasteiger partial charge on any atom is -1.00 e. The number of esters is 2. The number of carboxylic acid groups (broad SMARTS) is 1. The number of nitrogens with two attached hydrogens (primary N) is 1. The van der Waals surface area contributed by atoms with E-state index in [2.05, 4.69) is 236 Å². The second-order valence-electron chi connectivity index (χ2n) is 28.6. The van der Waals surface area contributed by atoms with Crippen molar-refractivity contribution in [2.45, 2.75) is 139 Å². The van der Waals surface area contributed by atoms with Gasteiger partial charge >= 0.3 is 218 Å². The van der Waals surface area contributed by atoms with Crippen molar-refractivity contribution in [2.24, 2.45) is 5.73 Å². The zero-order valence-corrected chi connectivity index (χ0v) is 106. The minimum atomic E-state index is -1.72. The third-order valence-corrected chi connectivity index (χ3v) is 24.1. The SMILES string of the molecule is BrC(Br)(Br)Br.CCOC(=O)C[C@H](c1ccccc1)n1c(=O)[nH]c2cnccc21.COC(=O)c1nsc2cc(C)cc(C)c12.Cc1cc(C)c2c(C(=O)O)nsc2c1.Cc1cc(C)c2c(C(N)=O)nsc2c1.Cc1cc(C)c2c(CBr)nsc2c1.Cc1cc(C)c2c(CO)nsc2c1.Cc1cc(C)c2c(c1)SC(=O)C2=O.Cc1cc(C)cc(S)c1.O=C(Cl)C(=O)Cl.O=CO[O-].[AlH3].[Cl][Al]([Cl])[Cl].[H-].[H-].[K+].[K+].[K+].[Li+].[OH-]. The number of methoxy groups -OCH3 is 1. The summed E-state index contributed by atoms with van der Waals surface area (Å²) in [6.07, 6.45) is 3.31. The topological polar surface area (TPSA) is 416 Å². The van der Waals surface area contributed by atoms with E-state index in [1.54, 1.807) is 41.5 Å². The van der Waals surface area contributed by atoms with Gasteiger partial charge in [0.05, 0.1) is 84.9 Å². The molecular formula is C90H93Al2Br5Cl5K3LiN9O17S7. The Morgan fingerprint density at radius 3 is 1.35 bits per heavy atom. The molecule has 1 atom stereocenters. The number of fused-ring (bicyclic) bond motifs is 7. The van der Waals surface area contributed by atoms with Crippen LogP contribution in [0.4, 0.5) is 0 Å². The number of amides is 1. The van der Waals surface area contributed by atoms with Crippen LogP contribution in [0.5, 0.6) is 0 Å². The van der Waals surface area contributed by atoms with E-state index in [4.69, 9.17) is 65.6 Å². The Morgan fingerprint density at radius 2 is 0.964 bits per heavy atom. The van der Waals surface area contributed by atoms with Crippen LogP contribution in [0.1, 0.15) is 159 Å². The number of nitrogens with zero attached hydrogens (tertiary/aromatic N) is 7. The molecule has 8 heterocycles. The van der Waals surface area contributed by atoms with Crippen molar-refractivity contribution < 1.29 is 254 Å². The van der Waals surface area contributed by atoms with Gasteiger partial charge < -0.3 is 48.9 Å². The molecule has 0 saturated heterocycles. The number of aromatic carboxylic acids is 1. The number of pyridine rings is 1. The first-order chi connectivity index (χ1) is 62.5. The molecule has 1 aliphatic heterocycles. The number of benzene rings is 8. The summed E-state index contributed by atoms with van der Waals surface area (Å²) < 4.78 is 37.3. The van der Waals surface area contributed by atoms with Gasteiger partial charge in [-0.15, -0.1) is 12.6 Å². The number of aliphatic hydroxyl groups excluding tert-OH is 1. The molecule has 8 aromatic carbocycles. The normalized spacial score (nSPS) is 10.5. The summed E-state index contributed by atoms with van der Waals surface area (Å²) in [5.74, 6) is -2.46. The van der Waals surface area contributed by atoms with Gasteiger partial charge in [0.2, 0.25) is 5.78 Å². The van der Waals surface area contributed by atoms with Crippen LogP contribution < -0.4 is 190 Å². The third kappa shape index (κ3) is 45.8. The molecule has 722 valence electrons. The molecule has 0 saturated carbocycles. The first kappa shape index (κ1) is 140. The number of hydrogen-bond donors (Lipinski definition) is 5.